The fraction of sp³-hybridized carbons (Fsp3) is 0.120. The summed E-state index contributed by atoms with van der Waals surface area (Å²) >= 11 is 6.06. The molecule has 0 aliphatic heterocycles. The summed E-state index contributed by atoms with van der Waals surface area (Å²) in [5.74, 6) is -0.940. The second-order valence-corrected chi connectivity index (χ2v) is 7.24. The van der Waals surface area contributed by atoms with Gasteiger partial charge in [-0.3, -0.25) is 0 Å². The predicted molar refractivity (Wildman–Crippen MR) is 120 cm³/mol. The highest BCUT2D eigenvalue weighted by Crippen LogP contribution is 2.29. The van der Waals surface area contributed by atoms with Crippen molar-refractivity contribution in [3.05, 3.63) is 107 Å². The molecule has 3 aromatic carbocycles. The number of carboxylic acid groups (broad SMARTS) is 1. The number of aliphatic imine (C=N–C) groups is 1. The van der Waals surface area contributed by atoms with Crippen molar-refractivity contribution in [2.45, 2.75) is 19.8 Å². The lowest BCUT2D eigenvalue weighted by Gasteiger charge is -2.16. The van der Waals surface area contributed by atoms with Crippen molar-refractivity contribution in [1.29, 1.82) is 0 Å². The van der Waals surface area contributed by atoms with Crippen molar-refractivity contribution in [1.82, 2.24) is 0 Å². The maximum Gasteiger partial charge on any atom is 0.335 e. The van der Waals surface area contributed by atoms with Gasteiger partial charge in [0.2, 0.25) is 0 Å². The highest BCUT2D eigenvalue weighted by molar-refractivity contribution is 6.30. The summed E-state index contributed by atoms with van der Waals surface area (Å²) in [5, 5.41) is 9.41. The van der Waals surface area contributed by atoms with Gasteiger partial charge in [0.15, 0.2) is 0 Å². The van der Waals surface area contributed by atoms with Crippen LogP contribution in [0.25, 0.3) is 11.1 Å². The Morgan fingerprint density at radius 1 is 1.00 bits per heavy atom. The molecule has 0 saturated carbocycles. The number of carbonyl (C=O) groups is 1. The molecule has 0 spiro atoms. The summed E-state index contributed by atoms with van der Waals surface area (Å²) < 4.78 is 0. The number of carboxylic acids is 1. The van der Waals surface area contributed by atoms with Crippen molar-refractivity contribution < 1.29 is 9.90 Å². The van der Waals surface area contributed by atoms with Gasteiger partial charge in [0, 0.05) is 5.56 Å². The number of benzene rings is 3. The van der Waals surface area contributed by atoms with Crippen LogP contribution < -0.4 is 0 Å². The highest BCUT2D eigenvalue weighted by Gasteiger charge is 2.15. The van der Waals surface area contributed by atoms with E-state index in [9.17, 15) is 4.79 Å². The number of aromatic carboxylic acids is 1. The maximum absolute atomic E-state index is 11.2. The lowest BCUT2D eigenvalue weighted by Crippen LogP contribution is -2.08. The minimum Gasteiger partial charge on any atom is -0.478 e. The summed E-state index contributed by atoms with van der Waals surface area (Å²) in [6, 6.07) is 23.2. The van der Waals surface area contributed by atoms with Crippen molar-refractivity contribution in [2.75, 3.05) is 0 Å². The average molecular weight is 404 g/mol. The number of hydrogen-bond donors (Lipinski definition) is 1. The SMILES string of the molecule is C=C(Cl)/N=C(/CCc1ccccc1)c1c(C)cccc1-c1ccc(C(=O)O)cc1. The van der Waals surface area contributed by atoms with Gasteiger partial charge >= 0.3 is 5.97 Å². The molecule has 0 aliphatic rings. The fourth-order valence-electron chi connectivity index (χ4n) is 3.37. The molecule has 146 valence electrons. The van der Waals surface area contributed by atoms with E-state index in [0.29, 0.717) is 6.42 Å². The first-order valence-electron chi connectivity index (χ1n) is 9.35. The zero-order chi connectivity index (χ0) is 20.8. The van der Waals surface area contributed by atoms with E-state index < -0.39 is 5.97 Å². The summed E-state index contributed by atoms with van der Waals surface area (Å²) in [7, 11) is 0. The van der Waals surface area contributed by atoms with Crippen LogP contribution in [-0.2, 0) is 6.42 Å². The molecule has 0 atom stereocenters. The van der Waals surface area contributed by atoms with Gasteiger partial charge in [0.1, 0.15) is 5.16 Å². The lowest BCUT2D eigenvalue weighted by molar-refractivity contribution is 0.0697. The third kappa shape index (κ3) is 5.21. The van der Waals surface area contributed by atoms with Crippen molar-refractivity contribution >= 4 is 23.3 Å². The summed E-state index contributed by atoms with van der Waals surface area (Å²) in [5.41, 5.74) is 6.36. The van der Waals surface area contributed by atoms with E-state index in [1.807, 2.05) is 55.5 Å². The van der Waals surface area contributed by atoms with E-state index in [-0.39, 0.29) is 10.7 Å². The number of hydrogen-bond acceptors (Lipinski definition) is 2. The Labute approximate surface area is 176 Å². The van der Waals surface area contributed by atoms with Crippen LogP contribution in [0.2, 0.25) is 0 Å². The average Bonchev–Trinajstić information content (AvgIpc) is 2.71. The molecule has 0 amide bonds. The molecule has 1 N–H and O–H groups in total. The van der Waals surface area contributed by atoms with Crippen LogP contribution in [0.1, 0.15) is 33.5 Å². The lowest BCUT2D eigenvalue weighted by atomic mass is 9.90. The van der Waals surface area contributed by atoms with Gasteiger partial charge in [-0.15, -0.1) is 0 Å². The molecule has 0 radical (unpaired) electrons. The number of aryl methyl sites for hydroxylation is 2. The van der Waals surface area contributed by atoms with Crippen LogP contribution in [0.15, 0.2) is 89.5 Å². The van der Waals surface area contributed by atoms with Gasteiger partial charge < -0.3 is 5.11 Å². The van der Waals surface area contributed by atoms with Gasteiger partial charge in [-0.1, -0.05) is 78.8 Å². The van der Waals surface area contributed by atoms with Crippen LogP contribution in [-0.4, -0.2) is 16.8 Å². The zero-order valence-corrected chi connectivity index (χ0v) is 17.0. The smallest absolute Gasteiger partial charge is 0.335 e. The zero-order valence-electron chi connectivity index (χ0n) is 16.2. The number of rotatable bonds is 7. The molecule has 0 aliphatic carbocycles. The molecule has 0 saturated heterocycles. The van der Waals surface area contributed by atoms with Gasteiger partial charge in [0.05, 0.1) is 11.3 Å². The van der Waals surface area contributed by atoms with Crippen molar-refractivity contribution in [3.8, 4) is 11.1 Å². The van der Waals surface area contributed by atoms with E-state index in [1.165, 1.54) is 5.56 Å². The molecule has 0 aromatic heterocycles. The van der Waals surface area contributed by atoms with Gasteiger partial charge in [-0.2, -0.15) is 0 Å². The Kier molecular flexibility index (Phi) is 6.63. The Balaban J connectivity index is 2.03. The van der Waals surface area contributed by atoms with Gasteiger partial charge in [-0.05, 0) is 54.2 Å². The number of nitrogens with zero attached hydrogens (tertiary/aromatic N) is 1. The van der Waals surface area contributed by atoms with Crippen LogP contribution in [0.4, 0.5) is 0 Å². The molecule has 29 heavy (non-hydrogen) atoms. The first kappa shape index (κ1) is 20.6. The van der Waals surface area contributed by atoms with Crippen molar-refractivity contribution in [3.63, 3.8) is 0 Å². The van der Waals surface area contributed by atoms with Gasteiger partial charge in [0.25, 0.3) is 0 Å². The first-order chi connectivity index (χ1) is 14.0. The highest BCUT2D eigenvalue weighted by atomic mass is 35.5. The van der Waals surface area contributed by atoms with Crippen LogP contribution in [0.5, 0.6) is 0 Å². The molecular weight excluding hydrogens is 382 g/mol. The molecule has 3 aromatic rings. The second kappa shape index (κ2) is 9.35. The molecule has 3 nitrogen and oxygen atoms in total. The van der Waals surface area contributed by atoms with Crippen LogP contribution >= 0.6 is 11.6 Å². The van der Waals surface area contributed by atoms with E-state index in [4.69, 9.17) is 16.7 Å². The summed E-state index contributed by atoms with van der Waals surface area (Å²) in [4.78, 5) is 15.7. The van der Waals surface area contributed by atoms with E-state index in [0.717, 1.165) is 34.4 Å². The molecule has 0 unspecified atom stereocenters. The topological polar surface area (TPSA) is 49.7 Å². The van der Waals surface area contributed by atoms with E-state index >= 15 is 0 Å². The monoisotopic (exact) mass is 403 g/mol. The minimum absolute atomic E-state index is 0.239. The molecule has 3 rings (SSSR count). The van der Waals surface area contributed by atoms with E-state index in [2.05, 4.69) is 23.7 Å². The van der Waals surface area contributed by atoms with Crippen LogP contribution in [0.3, 0.4) is 0 Å². The largest absolute Gasteiger partial charge is 0.478 e. The second-order valence-electron chi connectivity index (χ2n) is 6.80. The maximum atomic E-state index is 11.2. The molecular formula is C25H22ClNO2. The Morgan fingerprint density at radius 3 is 2.31 bits per heavy atom. The Morgan fingerprint density at radius 2 is 1.69 bits per heavy atom. The summed E-state index contributed by atoms with van der Waals surface area (Å²) in [6.45, 7) is 5.79. The van der Waals surface area contributed by atoms with Crippen LogP contribution in [0, 0.1) is 6.92 Å². The van der Waals surface area contributed by atoms with E-state index in [1.54, 1.807) is 12.1 Å². The summed E-state index contributed by atoms with van der Waals surface area (Å²) in [6.07, 6.45) is 1.54. The number of halogens is 1. The van der Waals surface area contributed by atoms with Crippen molar-refractivity contribution in [2.24, 2.45) is 4.99 Å². The Hall–Kier alpha value is -3.17. The standard InChI is InChI=1S/C25H22ClNO2/c1-17-7-6-10-22(20-12-14-21(15-13-20)25(28)29)24(17)23(27-18(2)26)16-11-19-8-4-3-5-9-19/h3-10,12-15H,2,11,16H2,1H3,(H,28,29)/b27-23-. The normalized spacial score (nSPS) is 11.3. The molecule has 0 heterocycles. The van der Waals surface area contributed by atoms with Gasteiger partial charge in [-0.25, -0.2) is 9.79 Å². The molecule has 0 bridgehead atoms. The fourth-order valence-corrected chi connectivity index (χ4v) is 3.48. The molecule has 4 heteroatoms. The minimum atomic E-state index is -0.940. The third-order valence-electron chi connectivity index (χ3n) is 4.75. The first-order valence-corrected chi connectivity index (χ1v) is 9.73. The quantitative estimate of drug-likeness (QED) is 0.362. The third-order valence-corrected chi connectivity index (χ3v) is 4.84. The predicted octanol–water partition coefficient (Wildman–Crippen LogP) is 6.49. The molecule has 0 fully saturated rings. The Bertz CT molecular complexity index is 1050.